The number of allylic oxidation sites excluding steroid dienone is 2. The highest BCUT2D eigenvalue weighted by molar-refractivity contribution is 6.31. The van der Waals surface area contributed by atoms with Gasteiger partial charge in [-0.2, -0.15) is 13.2 Å². The molecule has 3 saturated carbocycles. The molecule has 7 fully saturated rings. The van der Waals surface area contributed by atoms with Crippen LogP contribution in [0.15, 0.2) is 71.7 Å². The summed E-state index contributed by atoms with van der Waals surface area (Å²) in [7, 11) is 4.12. The number of hydrogen-bond donors (Lipinski definition) is 6. The summed E-state index contributed by atoms with van der Waals surface area (Å²) in [6.07, 6.45) is 30.7. The average molecular weight is 1320 g/mol. The summed E-state index contributed by atoms with van der Waals surface area (Å²) in [5.41, 5.74) is 2.94. The quantitative estimate of drug-likeness (QED) is 0.105. The van der Waals surface area contributed by atoms with E-state index in [1.165, 1.54) is 82.0 Å². The number of amides is 1. The molecule has 5 heterocycles. The number of carbonyl (C=O) groups is 1. The van der Waals surface area contributed by atoms with Crippen LogP contribution in [0.1, 0.15) is 195 Å². The summed E-state index contributed by atoms with van der Waals surface area (Å²) < 4.78 is 53.4. The number of ether oxygens (including phenoxy) is 2. The van der Waals surface area contributed by atoms with Crippen molar-refractivity contribution in [2.45, 2.75) is 268 Å². The minimum absolute atomic E-state index is 0.0408. The highest BCUT2D eigenvalue weighted by atomic mass is 35.5. The summed E-state index contributed by atoms with van der Waals surface area (Å²) in [5, 5.41) is 24.3. The smallest absolute Gasteiger partial charge is 0.390 e. The third-order valence-corrected chi connectivity index (χ3v) is 23.5. The Balaban J connectivity index is 1.01. The standard InChI is InChI=1S/C74H122ClF3N12O3/c1-11-40-92-49-64-45-86(9)39-37-81-60(27-25-58-26-30-65(66(75)41-58)74(76,77)78)31-34-79-35-36-80-50-73(32-17-18-33-73)85-54(6)71(59-22-15-16-23-59)89-56(8)70(72(91)90-62-28-29-63(90)48-93-47-62)69(89)44-82-53(5)67(42-57-20-13-14-21-57)83-43-68(51(3)12-2)84-52(4)55(7)88-38-19-24-61(88)46-87(64)10/h26,30-31,34,37,39,41,45-46,51-57,59,62-63,67-71,79-80,82-85H,11-25,27-29,32-33,35-36,38,40,42-44,47-50H2,1-10H3/t51-,52?,53?,54?,55-,56?,62?,63?,67-,68+,69?,70-,71+/m0/s1. The van der Waals surface area contributed by atoms with Crippen molar-refractivity contribution in [2.75, 3.05) is 79.8 Å². The molecule has 5 aliphatic heterocycles. The lowest BCUT2D eigenvalue weighted by Crippen LogP contribution is -2.76. The SMILES string of the molecule is CCCOCC1=CN(C)C=CN=C(CCc2ccc(C(F)(F)F)c(Cl)c2)C=CNCCNCC2(CCCC2)NC(C)[C@H](C2CCCC2)N2C(C)[C@H](C(=O)N3C4CCC3COC4)C2CNC(C)[C@H](CC2CCCC2)NC[C@H]([C@@H](C)CC)NC(C)[C@H](C)N2CCCC2=CN1C. The lowest BCUT2D eigenvalue weighted by atomic mass is 9.73. The number of morpholine rings is 1. The highest BCUT2D eigenvalue weighted by Crippen LogP contribution is 2.45. The molecule has 3 aliphatic carbocycles. The number of likely N-dealkylation sites (N-methyl/N-ethyl adjacent to an activating group) is 1. The van der Waals surface area contributed by atoms with Crippen LogP contribution < -0.4 is 31.9 Å². The Bertz CT molecular complexity index is 2620. The van der Waals surface area contributed by atoms with Gasteiger partial charge in [-0.15, -0.1) is 0 Å². The molecule has 2 bridgehead atoms. The van der Waals surface area contributed by atoms with Gasteiger partial charge in [0.05, 0.1) is 54.1 Å². The summed E-state index contributed by atoms with van der Waals surface area (Å²) in [4.78, 5) is 32.4. The maximum atomic E-state index is 15.4. The molecule has 7 unspecified atom stereocenters. The number of halogens is 4. The van der Waals surface area contributed by atoms with Crippen molar-refractivity contribution < 1.29 is 27.4 Å². The number of aliphatic imine (C=N–C) groups is 1. The fourth-order valence-electron chi connectivity index (χ4n) is 17.4. The van der Waals surface area contributed by atoms with Crippen LogP contribution in [0.5, 0.6) is 0 Å². The fourth-order valence-corrected chi connectivity index (χ4v) is 17.7. The van der Waals surface area contributed by atoms with E-state index in [9.17, 15) is 13.2 Å². The Hall–Kier alpha value is -3.72. The molecule has 1 aromatic rings. The van der Waals surface area contributed by atoms with Crippen LogP contribution in [-0.2, 0) is 26.9 Å². The second-order valence-electron chi connectivity index (χ2n) is 29.8. The third-order valence-electron chi connectivity index (χ3n) is 23.1. The van der Waals surface area contributed by atoms with Crippen LogP contribution in [-0.4, -0.2) is 188 Å². The van der Waals surface area contributed by atoms with E-state index in [-0.39, 0.29) is 70.9 Å². The molecule has 9 rings (SSSR count). The molecule has 1 spiro atoms. The first-order chi connectivity index (χ1) is 44.8. The van der Waals surface area contributed by atoms with Gasteiger partial charge in [0.25, 0.3) is 0 Å². The fraction of sp³-hybridized carbons (Fsp3) is 0.784. The summed E-state index contributed by atoms with van der Waals surface area (Å²) in [6.45, 7) is 26.4. The largest absolute Gasteiger partial charge is 0.417 e. The molecule has 4 saturated heterocycles. The van der Waals surface area contributed by atoms with Crippen molar-refractivity contribution in [1.29, 1.82) is 0 Å². The zero-order chi connectivity index (χ0) is 66.2. The highest BCUT2D eigenvalue weighted by Gasteiger charge is 2.58. The predicted octanol–water partition coefficient (Wildman–Crippen LogP) is 12.2. The van der Waals surface area contributed by atoms with Gasteiger partial charge in [0.2, 0.25) is 5.91 Å². The maximum Gasteiger partial charge on any atom is 0.417 e. The molecule has 6 N–H and O–H groups in total. The molecule has 8 aliphatic rings. The number of nitrogens with one attached hydrogen (secondary N) is 6. The van der Waals surface area contributed by atoms with E-state index in [1.54, 1.807) is 6.20 Å². The van der Waals surface area contributed by atoms with Crippen LogP contribution in [0.3, 0.4) is 0 Å². The van der Waals surface area contributed by atoms with E-state index < -0.39 is 11.7 Å². The molecular formula is C74H122ClF3N12O3. The first kappa shape index (κ1) is 73.5. The van der Waals surface area contributed by atoms with Gasteiger partial charge in [-0.05, 0) is 159 Å². The lowest BCUT2D eigenvalue weighted by Gasteiger charge is -2.60. The van der Waals surface area contributed by atoms with Crippen LogP contribution in [0, 0.1) is 23.7 Å². The van der Waals surface area contributed by atoms with Crippen molar-refractivity contribution in [3.8, 4) is 0 Å². The van der Waals surface area contributed by atoms with Gasteiger partial charge in [0, 0.05) is 156 Å². The lowest BCUT2D eigenvalue weighted by molar-refractivity contribution is -0.170. The molecule has 0 aromatic heterocycles. The number of fused-ring (bicyclic) bond motifs is 4. The number of alkyl halides is 3. The maximum absolute atomic E-state index is 15.4. The summed E-state index contributed by atoms with van der Waals surface area (Å²) in [6, 6.07) is 6.36. The molecule has 0 radical (unpaired) electrons. The Labute approximate surface area is 564 Å². The van der Waals surface area contributed by atoms with E-state index in [0.29, 0.717) is 81.2 Å². The number of nitrogens with zero attached hydrogens (tertiary/aromatic N) is 6. The monoisotopic (exact) mass is 1320 g/mol. The average Bonchev–Trinajstić information content (AvgIpc) is 1.46. The number of rotatable bonds is 13. The molecule has 524 valence electrons. The molecule has 19 heteroatoms. The van der Waals surface area contributed by atoms with Crippen molar-refractivity contribution in [1.82, 2.24) is 56.4 Å². The first-order valence-corrected chi connectivity index (χ1v) is 37.2. The van der Waals surface area contributed by atoms with Gasteiger partial charge in [0.1, 0.15) is 0 Å². The van der Waals surface area contributed by atoms with Crippen molar-refractivity contribution in [3.63, 3.8) is 0 Å². The van der Waals surface area contributed by atoms with Crippen LogP contribution in [0.25, 0.3) is 0 Å². The Morgan fingerprint density at radius 2 is 1.59 bits per heavy atom. The third kappa shape index (κ3) is 19.6. The minimum Gasteiger partial charge on any atom is -0.390 e. The normalized spacial score (nSPS) is 32.2. The second kappa shape index (κ2) is 35.2. The Morgan fingerprint density at radius 3 is 2.29 bits per heavy atom. The number of hydrogen-bond acceptors (Lipinski definition) is 14. The summed E-state index contributed by atoms with van der Waals surface area (Å²) in [5.74, 6) is 2.03. The molecule has 15 nitrogen and oxygen atoms in total. The Kier molecular flexibility index (Phi) is 27.8. The number of benzene rings is 1. The van der Waals surface area contributed by atoms with Crippen molar-refractivity contribution in [2.24, 2.45) is 28.7 Å². The van der Waals surface area contributed by atoms with E-state index >= 15 is 4.79 Å². The van der Waals surface area contributed by atoms with Crippen LogP contribution >= 0.6 is 11.6 Å². The predicted molar refractivity (Wildman–Crippen MR) is 374 cm³/mol. The topological polar surface area (TPSA) is 136 Å². The first-order valence-electron chi connectivity index (χ1n) is 36.9. The summed E-state index contributed by atoms with van der Waals surface area (Å²) >= 11 is 6.20. The van der Waals surface area contributed by atoms with E-state index in [1.807, 2.05) is 30.4 Å². The molecule has 1 aromatic carbocycles. The van der Waals surface area contributed by atoms with Crippen LogP contribution in [0.4, 0.5) is 13.2 Å². The van der Waals surface area contributed by atoms with Gasteiger partial charge in [-0.25, -0.2) is 0 Å². The van der Waals surface area contributed by atoms with E-state index in [2.05, 4.69) is 126 Å². The molecule has 1 amide bonds. The van der Waals surface area contributed by atoms with Gasteiger partial charge >= 0.3 is 6.18 Å². The number of aryl methyl sites for hydroxylation is 1. The van der Waals surface area contributed by atoms with Gasteiger partial charge in [0.15, 0.2) is 0 Å². The minimum atomic E-state index is -4.52. The van der Waals surface area contributed by atoms with Crippen LogP contribution in [0.2, 0.25) is 5.02 Å². The second-order valence-corrected chi connectivity index (χ2v) is 30.2. The number of carbonyl (C=O) groups excluding carboxylic acids is 1. The molecular weight excluding hydrogens is 1200 g/mol. The molecule has 93 heavy (non-hydrogen) atoms. The van der Waals surface area contributed by atoms with Crippen molar-refractivity contribution in [3.05, 3.63) is 82.8 Å². The van der Waals surface area contributed by atoms with E-state index in [4.69, 9.17) is 26.1 Å². The van der Waals surface area contributed by atoms with Gasteiger partial charge in [-0.3, -0.25) is 14.7 Å². The Morgan fingerprint density at radius 1 is 0.860 bits per heavy atom. The van der Waals surface area contributed by atoms with Crippen molar-refractivity contribution >= 4 is 23.2 Å². The zero-order valence-corrected chi connectivity index (χ0v) is 59.5. The van der Waals surface area contributed by atoms with Gasteiger partial charge in [-0.1, -0.05) is 96.2 Å². The van der Waals surface area contributed by atoms with Gasteiger partial charge < -0.3 is 61.0 Å². The van der Waals surface area contributed by atoms with E-state index in [0.717, 1.165) is 114 Å². The molecule has 13 atom stereocenters. The zero-order valence-electron chi connectivity index (χ0n) is 58.7.